The van der Waals surface area contributed by atoms with Crippen LogP contribution in [0.4, 0.5) is 5.69 Å². The predicted molar refractivity (Wildman–Crippen MR) is 55.0 cm³/mol. The van der Waals surface area contributed by atoms with Crippen molar-refractivity contribution in [2.24, 2.45) is 0 Å². The van der Waals surface area contributed by atoms with Gasteiger partial charge in [-0.2, -0.15) is 0 Å². The summed E-state index contributed by atoms with van der Waals surface area (Å²) in [4.78, 5) is 0. The van der Waals surface area contributed by atoms with Gasteiger partial charge in [0.25, 0.3) is 0 Å². The zero-order valence-electron chi connectivity index (χ0n) is 7.39. The zero-order valence-corrected chi connectivity index (χ0v) is 8.15. The monoisotopic (exact) mass is 208 g/mol. The van der Waals surface area contributed by atoms with Gasteiger partial charge >= 0.3 is 0 Å². The fourth-order valence-corrected chi connectivity index (χ4v) is 1.39. The summed E-state index contributed by atoms with van der Waals surface area (Å²) in [7, 11) is 0. The van der Waals surface area contributed by atoms with Gasteiger partial charge in [0.05, 0.1) is 6.54 Å². The van der Waals surface area contributed by atoms with Gasteiger partial charge in [0.1, 0.15) is 12.7 Å². The van der Waals surface area contributed by atoms with Crippen LogP contribution in [0, 0.1) is 0 Å². The molecule has 0 aliphatic rings. The molecule has 0 bridgehead atoms. The Labute approximate surface area is 86.3 Å². The summed E-state index contributed by atoms with van der Waals surface area (Å²) in [5.74, 6) is 0. The maximum absolute atomic E-state index is 5.80. The molecular formula is C9H9ClN4. The van der Waals surface area contributed by atoms with Crippen LogP contribution in [-0.4, -0.2) is 14.8 Å². The van der Waals surface area contributed by atoms with Crippen LogP contribution >= 0.6 is 11.6 Å². The molecule has 0 radical (unpaired) electrons. The quantitative estimate of drug-likeness (QED) is 0.763. The van der Waals surface area contributed by atoms with Gasteiger partial charge < -0.3 is 10.3 Å². The summed E-state index contributed by atoms with van der Waals surface area (Å²) in [5, 5.41) is 8.07. The highest BCUT2D eigenvalue weighted by molar-refractivity contribution is 6.30. The Kier molecular flexibility index (Phi) is 2.37. The van der Waals surface area contributed by atoms with Gasteiger partial charge in [-0.3, -0.25) is 0 Å². The SMILES string of the molecule is Nc1cc(Cl)ccc1Cn1cnnc1. The smallest absolute Gasteiger partial charge is 0.119 e. The van der Waals surface area contributed by atoms with E-state index in [2.05, 4.69) is 10.2 Å². The van der Waals surface area contributed by atoms with Crippen molar-refractivity contribution in [1.29, 1.82) is 0 Å². The summed E-state index contributed by atoms with van der Waals surface area (Å²) in [6.07, 6.45) is 3.29. The summed E-state index contributed by atoms with van der Waals surface area (Å²) >= 11 is 5.79. The van der Waals surface area contributed by atoms with Crippen molar-refractivity contribution in [3.05, 3.63) is 41.4 Å². The summed E-state index contributed by atoms with van der Waals surface area (Å²) < 4.78 is 1.85. The Bertz CT molecular complexity index is 424. The van der Waals surface area contributed by atoms with Crippen molar-refractivity contribution in [2.75, 3.05) is 5.73 Å². The Morgan fingerprint density at radius 3 is 2.64 bits per heavy atom. The summed E-state index contributed by atoms with van der Waals surface area (Å²) in [5.41, 5.74) is 7.49. The van der Waals surface area contributed by atoms with Gasteiger partial charge in [0.15, 0.2) is 0 Å². The lowest BCUT2D eigenvalue weighted by molar-refractivity contribution is 0.796. The number of nitrogen functional groups attached to an aromatic ring is 1. The highest BCUT2D eigenvalue weighted by Crippen LogP contribution is 2.18. The second-order valence-electron chi connectivity index (χ2n) is 2.98. The van der Waals surface area contributed by atoms with Gasteiger partial charge in [-0.05, 0) is 17.7 Å². The molecule has 0 spiro atoms. The molecule has 0 aliphatic heterocycles. The predicted octanol–water partition coefficient (Wildman–Crippen LogP) is 1.56. The molecule has 0 saturated heterocycles. The molecule has 2 aromatic rings. The summed E-state index contributed by atoms with van der Waals surface area (Å²) in [6.45, 7) is 0.663. The van der Waals surface area contributed by atoms with Crippen LogP contribution in [0.15, 0.2) is 30.9 Å². The van der Waals surface area contributed by atoms with E-state index >= 15 is 0 Å². The van der Waals surface area contributed by atoms with Crippen molar-refractivity contribution in [3.8, 4) is 0 Å². The van der Waals surface area contributed by atoms with Gasteiger partial charge in [-0.1, -0.05) is 17.7 Å². The Morgan fingerprint density at radius 1 is 1.29 bits per heavy atom. The largest absolute Gasteiger partial charge is 0.398 e. The van der Waals surface area contributed by atoms with E-state index in [1.165, 1.54) is 0 Å². The first-order chi connectivity index (χ1) is 6.75. The Hall–Kier alpha value is -1.55. The lowest BCUT2D eigenvalue weighted by atomic mass is 10.2. The molecule has 0 fully saturated rings. The minimum atomic E-state index is 0.648. The van der Waals surface area contributed by atoms with E-state index in [1.54, 1.807) is 18.7 Å². The third kappa shape index (κ3) is 1.85. The summed E-state index contributed by atoms with van der Waals surface area (Å²) in [6, 6.07) is 5.45. The molecule has 0 saturated carbocycles. The van der Waals surface area contributed by atoms with E-state index in [-0.39, 0.29) is 0 Å². The van der Waals surface area contributed by atoms with Gasteiger partial charge in [0, 0.05) is 10.7 Å². The number of aromatic nitrogens is 3. The number of halogens is 1. The molecule has 14 heavy (non-hydrogen) atoms. The number of nitrogens with zero attached hydrogens (tertiary/aromatic N) is 3. The van der Waals surface area contributed by atoms with E-state index in [4.69, 9.17) is 17.3 Å². The van der Waals surface area contributed by atoms with Crippen molar-refractivity contribution < 1.29 is 0 Å². The molecule has 72 valence electrons. The maximum Gasteiger partial charge on any atom is 0.119 e. The van der Waals surface area contributed by atoms with Crippen LogP contribution in [0.5, 0.6) is 0 Å². The van der Waals surface area contributed by atoms with Crippen LogP contribution in [0.25, 0.3) is 0 Å². The second kappa shape index (κ2) is 3.67. The van der Waals surface area contributed by atoms with Crippen LogP contribution in [0.2, 0.25) is 5.02 Å². The molecule has 2 rings (SSSR count). The second-order valence-corrected chi connectivity index (χ2v) is 3.41. The average molecular weight is 209 g/mol. The minimum Gasteiger partial charge on any atom is -0.398 e. The molecular weight excluding hydrogens is 200 g/mol. The Balaban J connectivity index is 2.25. The standard InChI is InChI=1S/C9H9ClN4/c10-8-2-1-7(9(11)3-8)4-14-5-12-13-6-14/h1-3,5-6H,4,11H2. The van der Waals surface area contributed by atoms with E-state index in [1.807, 2.05) is 16.7 Å². The van der Waals surface area contributed by atoms with Gasteiger partial charge in [-0.15, -0.1) is 10.2 Å². The number of benzene rings is 1. The molecule has 5 heteroatoms. The molecule has 1 aromatic heterocycles. The first kappa shape index (κ1) is 9.02. The van der Waals surface area contributed by atoms with Crippen molar-refractivity contribution in [2.45, 2.75) is 6.54 Å². The number of rotatable bonds is 2. The highest BCUT2D eigenvalue weighted by atomic mass is 35.5. The lowest BCUT2D eigenvalue weighted by Gasteiger charge is -2.05. The first-order valence-electron chi connectivity index (χ1n) is 4.12. The maximum atomic E-state index is 5.80. The molecule has 4 nitrogen and oxygen atoms in total. The number of hydrogen-bond acceptors (Lipinski definition) is 3. The number of anilines is 1. The molecule has 0 unspecified atom stereocenters. The molecule has 1 aromatic carbocycles. The fraction of sp³-hybridized carbons (Fsp3) is 0.111. The fourth-order valence-electron chi connectivity index (χ4n) is 1.21. The normalized spacial score (nSPS) is 10.4. The zero-order chi connectivity index (χ0) is 9.97. The minimum absolute atomic E-state index is 0.648. The van der Waals surface area contributed by atoms with Gasteiger partial charge in [0.2, 0.25) is 0 Å². The van der Waals surface area contributed by atoms with E-state index < -0.39 is 0 Å². The first-order valence-corrected chi connectivity index (χ1v) is 4.50. The van der Waals surface area contributed by atoms with E-state index in [0.717, 1.165) is 5.56 Å². The van der Waals surface area contributed by atoms with E-state index in [9.17, 15) is 0 Å². The van der Waals surface area contributed by atoms with Crippen molar-refractivity contribution in [3.63, 3.8) is 0 Å². The molecule has 1 heterocycles. The van der Waals surface area contributed by atoms with Crippen LogP contribution in [-0.2, 0) is 6.54 Å². The van der Waals surface area contributed by atoms with Crippen LogP contribution in [0.1, 0.15) is 5.56 Å². The third-order valence-corrected chi connectivity index (χ3v) is 2.16. The van der Waals surface area contributed by atoms with Gasteiger partial charge in [-0.25, -0.2) is 0 Å². The average Bonchev–Trinajstić information content (AvgIpc) is 2.62. The van der Waals surface area contributed by atoms with Crippen molar-refractivity contribution >= 4 is 17.3 Å². The number of nitrogens with two attached hydrogens (primary N) is 1. The van der Waals surface area contributed by atoms with Crippen LogP contribution in [0.3, 0.4) is 0 Å². The highest BCUT2D eigenvalue weighted by Gasteiger charge is 2.00. The van der Waals surface area contributed by atoms with Crippen molar-refractivity contribution in [1.82, 2.24) is 14.8 Å². The lowest BCUT2D eigenvalue weighted by Crippen LogP contribution is -2.00. The topological polar surface area (TPSA) is 56.7 Å². The molecule has 0 atom stereocenters. The van der Waals surface area contributed by atoms with Crippen LogP contribution < -0.4 is 5.73 Å². The third-order valence-electron chi connectivity index (χ3n) is 1.93. The molecule has 0 amide bonds. The van der Waals surface area contributed by atoms with E-state index in [0.29, 0.717) is 17.3 Å². The molecule has 0 aliphatic carbocycles. The Morgan fingerprint density at radius 2 is 2.00 bits per heavy atom. The number of hydrogen-bond donors (Lipinski definition) is 1. The molecule has 2 N–H and O–H groups in total.